The third kappa shape index (κ3) is 7.44. The Balaban J connectivity index is 2.54. The van der Waals surface area contributed by atoms with Gasteiger partial charge >= 0.3 is 5.97 Å². The first-order chi connectivity index (χ1) is 10.9. The molecule has 0 aliphatic carbocycles. The molecule has 0 aromatic carbocycles. The van der Waals surface area contributed by atoms with E-state index >= 15 is 0 Å². The minimum Gasteiger partial charge on any atom is -0.466 e. The van der Waals surface area contributed by atoms with E-state index in [2.05, 4.69) is 15.0 Å². The summed E-state index contributed by atoms with van der Waals surface area (Å²) in [5.74, 6) is -0.566. The van der Waals surface area contributed by atoms with Crippen molar-refractivity contribution in [3.8, 4) is 0 Å². The molecule has 128 valence electrons. The van der Waals surface area contributed by atoms with E-state index in [1.807, 2.05) is 13.8 Å². The van der Waals surface area contributed by atoms with E-state index in [1.165, 1.54) is 17.2 Å². The van der Waals surface area contributed by atoms with Gasteiger partial charge in [0, 0.05) is 19.0 Å². The van der Waals surface area contributed by atoms with Crippen LogP contribution in [0.15, 0.2) is 16.9 Å². The third-order valence-electron chi connectivity index (χ3n) is 2.83. The molecular weight excluding hydrogens is 302 g/mol. The zero-order valence-corrected chi connectivity index (χ0v) is 13.7. The molecule has 0 spiro atoms. The van der Waals surface area contributed by atoms with Gasteiger partial charge in [-0.05, 0) is 12.8 Å². The molecule has 1 N–H and O–H groups in total. The Bertz CT molecular complexity index is 513. The van der Waals surface area contributed by atoms with Gasteiger partial charge in [-0.2, -0.15) is 0 Å². The lowest BCUT2D eigenvalue weighted by Crippen LogP contribution is -2.40. The van der Waals surface area contributed by atoms with Crippen molar-refractivity contribution < 1.29 is 23.6 Å². The zero-order valence-electron chi connectivity index (χ0n) is 13.7. The lowest BCUT2D eigenvalue weighted by atomic mass is 10.2. The summed E-state index contributed by atoms with van der Waals surface area (Å²) in [6, 6.07) is 1.51. The van der Waals surface area contributed by atoms with Gasteiger partial charge < -0.3 is 19.5 Å². The minimum atomic E-state index is -0.419. The first-order valence-corrected chi connectivity index (χ1v) is 7.56. The minimum absolute atomic E-state index is 0.00612. The number of amides is 2. The average molecular weight is 325 g/mol. The molecule has 23 heavy (non-hydrogen) atoms. The lowest BCUT2D eigenvalue weighted by Gasteiger charge is -2.23. The van der Waals surface area contributed by atoms with Gasteiger partial charge in [0.15, 0.2) is 5.82 Å². The van der Waals surface area contributed by atoms with Crippen LogP contribution in [-0.4, -0.2) is 47.5 Å². The number of ether oxygens (including phenoxy) is 1. The molecule has 8 heteroatoms. The van der Waals surface area contributed by atoms with Gasteiger partial charge in [-0.1, -0.05) is 19.0 Å². The molecule has 0 fully saturated rings. The molecule has 0 unspecified atom stereocenters. The van der Waals surface area contributed by atoms with Gasteiger partial charge in [0.25, 0.3) is 0 Å². The fourth-order valence-corrected chi connectivity index (χ4v) is 1.93. The molecule has 0 radical (unpaired) electrons. The number of anilines is 1. The number of hydrogen-bond acceptors (Lipinski definition) is 6. The van der Waals surface area contributed by atoms with Crippen LogP contribution in [0.5, 0.6) is 0 Å². The van der Waals surface area contributed by atoms with Crippen LogP contribution >= 0.6 is 0 Å². The number of aromatic nitrogens is 1. The van der Waals surface area contributed by atoms with Crippen LogP contribution in [-0.2, 0) is 19.1 Å². The van der Waals surface area contributed by atoms with Crippen LogP contribution < -0.4 is 5.32 Å². The zero-order chi connectivity index (χ0) is 17.2. The van der Waals surface area contributed by atoms with Crippen molar-refractivity contribution >= 4 is 23.6 Å². The Labute approximate surface area is 135 Å². The third-order valence-corrected chi connectivity index (χ3v) is 2.83. The summed E-state index contributed by atoms with van der Waals surface area (Å²) in [7, 11) is 0. The van der Waals surface area contributed by atoms with Crippen molar-refractivity contribution in [3.05, 3.63) is 12.3 Å². The second-order valence-corrected chi connectivity index (χ2v) is 5.41. The number of nitrogens with zero attached hydrogens (tertiary/aromatic N) is 2. The Morgan fingerprint density at radius 2 is 2.09 bits per heavy atom. The predicted molar refractivity (Wildman–Crippen MR) is 82.4 cm³/mol. The fourth-order valence-electron chi connectivity index (χ4n) is 1.93. The first kappa shape index (κ1) is 18.7. The number of carbonyl (C=O) groups is 3. The highest BCUT2D eigenvalue weighted by Gasteiger charge is 2.20. The summed E-state index contributed by atoms with van der Waals surface area (Å²) in [5.41, 5.74) is 0. The maximum absolute atomic E-state index is 12.2. The van der Waals surface area contributed by atoms with E-state index in [0.29, 0.717) is 12.4 Å². The first-order valence-electron chi connectivity index (χ1n) is 7.56. The number of carbonyl (C=O) groups excluding carboxylic acids is 3. The fraction of sp³-hybridized carbons (Fsp3) is 0.600. The average Bonchev–Trinajstić information content (AvgIpc) is 2.96. The highest BCUT2D eigenvalue weighted by Crippen LogP contribution is 2.06. The predicted octanol–water partition coefficient (Wildman–Crippen LogP) is 1.44. The van der Waals surface area contributed by atoms with Crippen LogP contribution in [0.4, 0.5) is 5.82 Å². The van der Waals surface area contributed by atoms with E-state index < -0.39 is 5.97 Å². The molecule has 0 atom stereocenters. The molecule has 0 aliphatic heterocycles. The van der Waals surface area contributed by atoms with E-state index in [1.54, 1.807) is 6.92 Å². The standard InChI is InChI=1S/C15H23N3O5/c1-4-22-15(21)6-5-14(20)18(9-11(2)3)10-13(19)16-12-7-8-23-17-12/h7-8,11H,4-6,9-10H2,1-3H3,(H,16,17,19). The van der Waals surface area contributed by atoms with Gasteiger partial charge in [0.1, 0.15) is 6.26 Å². The summed E-state index contributed by atoms with van der Waals surface area (Å²) in [5, 5.41) is 6.11. The summed E-state index contributed by atoms with van der Waals surface area (Å²) in [6.45, 7) is 6.20. The monoisotopic (exact) mass is 325 g/mol. The number of rotatable bonds is 9. The largest absolute Gasteiger partial charge is 0.466 e. The van der Waals surface area contributed by atoms with Crippen molar-refractivity contribution in [2.24, 2.45) is 5.92 Å². The van der Waals surface area contributed by atoms with Crippen molar-refractivity contribution in [1.82, 2.24) is 10.1 Å². The van der Waals surface area contributed by atoms with E-state index in [0.717, 1.165) is 0 Å². The van der Waals surface area contributed by atoms with Crippen LogP contribution in [0, 0.1) is 5.92 Å². The molecule has 0 aliphatic rings. The van der Waals surface area contributed by atoms with Gasteiger partial charge in [-0.25, -0.2) is 0 Å². The van der Waals surface area contributed by atoms with E-state index in [9.17, 15) is 14.4 Å². The summed E-state index contributed by atoms with van der Waals surface area (Å²) >= 11 is 0. The second-order valence-electron chi connectivity index (χ2n) is 5.41. The Morgan fingerprint density at radius 1 is 1.35 bits per heavy atom. The van der Waals surface area contributed by atoms with Crippen LogP contribution in [0.25, 0.3) is 0 Å². The smallest absolute Gasteiger partial charge is 0.306 e. The van der Waals surface area contributed by atoms with E-state index in [4.69, 9.17) is 4.74 Å². The molecule has 2 amide bonds. The van der Waals surface area contributed by atoms with Crippen molar-refractivity contribution in [2.75, 3.05) is 25.0 Å². The summed E-state index contributed by atoms with van der Waals surface area (Å²) in [6.07, 6.45) is 1.36. The molecule has 1 rings (SSSR count). The molecule has 1 aromatic heterocycles. The van der Waals surface area contributed by atoms with Gasteiger partial charge in [0.05, 0.1) is 19.6 Å². The SMILES string of the molecule is CCOC(=O)CCC(=O)N(CC(=O)Nc1ccon1)CC(C)C. The normalized spacial score (nSPS) is 10.4. The molecule has 1 aromatic rings. The topological polar surface area (TPSA) is 102 Å². The number of nitrogens with one attached hydrogen (secondary N) is 1. The molecular formula is C15H23N3O5. The quantitative estimate of drug-likeness (QED) is 0.689. The summed E-state index contributed by atoms with van der Waals surface area (Å²) in [4.78, 5) is 37.0. The Hall–Kier alpha value is -2.38. The van der Waals surface area contributed by atoms with Crippen LogP contribution in [0.3, 0.4) is 0 Å². The molecule has 8 nitrogen and oxygen atoms in total. The maximum atomic E-state index is 12.2. The second kappa shape index (κ2) is 9.60. The number of hydrogen-bond donors (Lipinski definition) is 1. The Kier molecular flexibility index (Phi) is 7.79. The van der Waals surface area contributed by atoms with Crippen molar-refractivity contribution in [2.45, 2.75) is 33.6 Å². The highest BCUT2D eigenvalue weighted by atomic mass is 16.5. The number of esters is 1. The van der Waals surface area contributed by atoms with Gasteiger partial charge in [0.2, 0.25) is 11.8 Å². The molecule has 0 saturated carbocycles. The van der Waals surface area contributed by atoms with Crippen LogP contribution in [0.1, 0.15) is 33.6 Å². The molecule has 0 bridgehead atoms. The highest BCUT2D eigenvalue weighted by molar-refractivity contribution is 5.94. The van der Waals surface area contributed by atoms with Crippen LogP contribution in [0.2, 0.25) is 0 Å². The molecule has 1 heterocycles. The molecule has 0 saturated heterocycles. The van der Waals surface area contributed by atoms with Gasteiger partial charge in [-0.15, -0.1) is 0 Å². The summed E-state index contributed by atoms with van der Waals surface area (Å²) < 4.78 is 9.42. The van der Waals surface area contributed by atoms with Crippen molar-refractivity contribution in [1.29, 1.82) is 0 Å². The Morgan fingerprint density at radius 3 is 2.65 bits per heavy atom. The van der Waals surface area contributed by atoms with E-state index in [-0.39, 0.29) is 43.7 Å². The lowest BCUT2D eigenvalue weighted by molar-refractivity contribution is -0.146. The maximum Gasteiger partial charge on any atom is 0.306 e. The van der Waals surface area contributed by atoms with Crippen molar-refractivity contribution in [3.63, 3.8) is 0 Å². The van der Waals surface area contributed by atoms with Gasteiger partial charge in [-0.3, -0.25) is 14.4 Å².